The first-order valence-electron chi connectivity index (χ1n) is 9.55. The standard InChI is InChI=1S/C24H25FN2O/c25-22-11-13-23(14-12-22)26-24(28)16-18-27(19-21-9-5-2-6-10-21)17-15-20-7-3-1-4-8-20/h1-14H,15-19H2,(H,26,28). The van der Waals surface area contributed by atoms with Crippen molar-refractivity contribution in [2.24, 2.45) is 0 Å². The van der Waals surface area contributed by atoms with Crippen molar-refractivity contribution in [1.82, 2.24) is 4.90 Å². The van der Waals surface area contributed by atoms with E-state index in [4.69, 9.17) is 0 Å². The van der Waals surface area contributed by atoms with Gasteiger partial charge in [0.1, 0.15) is 5.82 Å². The Morgan fingerprint density at radius 1 is 0.786 bits per heavy atom. The Bertz CT molecular complexity index is 851. The highest BCUT2D eigenvalue weighted by atomic mass is 19.1. The summed E-state index contributed by atoms with van der Waals surface area (Å²) in [5.74, 6) is -0.377. The lowest BCUT2D eigenvalue weighted by Crippen LogP contribution is -2.29. The molecule has 1 amide bonds. The summed E-state index contributed by atoms with van der Waals surface area (Å²) in [6.45, 7) is 2.34. The third-order valence-corrected chi connectivity index (χ3v) is 4.59. The predicted octanol–water partition coefficient (Wildman–Crippen LogP) is 4.90. The molecule has 0 unspecified atom stereocenters. The molecule has 28 heavy (non-hydrogen) atoms. The summed E-state index contributed by atoms with van der Waals surface area (Å²) in [5.41, 5.74) is 3.14. The number of rotatable bonds is 9. The van der Waals surface area contributed by atoms with Crippen molar-refractivity contribution in [3.8, 4) is 0 Å². The fraction of sp³-hybridized carbons (Fsp3) is 0.208. The SMILES string of the molecule is O=C(CCN(CCc1ccccc1)Cc1ccccc1)Nc1ccc(F)cc1. The number of nitrogens with zero attached hydrogens (tertiary/aromatic N) is 1. The molecule has 3 aromatic rings. The van der Waals surface area contributed by atoms with Crippen LogP contribution in [-0.4, -0.2) is 23.9 Å². The summed E-state index contributed by atoms with van der Waals surface area (Å²) in [7, 11) is 0. The monoisotopic (exact) mass is 376 g/mol. The van der Waals surface area contributed by atoms with Crippen molar-refractivity contribution in [3.63, 3.8) is 0 Å². The van der Waals surface area contributed by atoms with Gasteiger partial charge in [0.05, 0.1) is 0 Å². The van der Waals surface area contributed by atoms with E-state index in [1.165, 1.54) is 23.3 Å². The molecule has 0 saturated heterocycles. The van der Waals surface area contributed by atoms with E-state index in [9.17, 15) is 9.18 Å². The average molecular weight is 376 g/mol. The Morgan fingerprint density at radius 3 is 2.04 bits per heavy atom. The zero-order chi connectivity index (χ0) is 19.6. The maximum Gasteiger partial charge on any atom is 0.225 e. The molecule has 0 atom stereocenters. The minimum atomic E-state index is -0.312. The van der Waals surface area contributed by atoms with Crippen LogP contribution in [0, 0.1) is 5.82 Å². The van der Waals surface area contributed by atoms with E-state index in [0.717, 1.165) is 19.5 Å². The Labute approximate surface area is 165 Å². The number of amides is 1. The molecule has 1 N–H and O–H groups in total. The second-order valence-electron chi connectivity index (χ2n) is 6.80. The van der Waals surface area contributed by atoms with Crippen LogP contribution in [0.4, 0.5) is 10.1 Å². The van der Waals surface area contributed by atoms with Gasteiger partial charge in [-0.1, -0.05) is 60.7 Å². The summed E-state index contributed by atoms with van der Waals surface area (Å²) in [6, 6.07) is 26.5. The van der Waals surface area contributed by atoms with Crippen molar-refractivity contribution < 1.29 is 9.18 Å². The van der Waals surface area contributed by atoms with Crippen molar-refractivity contribution in [2.75, 3.05) is 18.4 Å². The number of halogens is 1. The van der Waals surface area contributed by atoms with E-state index in [1.54, 1.807) is 12.1 Å². The van der Waals surface area contributed by atoms with Gasteiger partial charge >= 0.3 is 0 Å². The highest BCUT2D eigenvalue weighted by molar-refractivity contribution is 5.90. The highest BCUT2D eigenvalue weighted by Gasteiger charge is 2.10. The Balaban J connectivity index is 1.56. The van der Waals surface area contributed by atoms with Gasteiger partial charge in [0, 0.05) is 31.7 Å². The molecule has 0 aliphatic heterocycles. The van der Waals surface area contributed by atoms with Crippen LogP contribution >= 0.6 is 0 Å². The van der Waals surface area contributed by atoms with E-state index in [-0.39, 0.29) is 11.7 Å². The van der Waals surface area contributed by atoms with Gasteiger partial charge in [-0.3, -0.25) is 9.69 Å². The van der Waals surface area contributed by atoms with Gasteiger partial charge in [0.2, 0.25) is 5.91 Å². The number of carbonyl (C=O) groups excluding carboxylic acids is 1. The predicted molar refractivity (Wildman–Crippen MR) is 112 cm³/mol. The van der Waals surface area contributed by atoms with Crippen molar-refractivity contribution >= 4 is 11.6 Å². The van der Waals surface area contributed by atoms with E-state index >= 15 is 0 Å². The highest BCUT2D eigenvalue weighted by Crippen LogP contribution is 2.11. The van der Waals surface area contributed by atoms with Crippen molar-refractivity contribution in [2.45, 2.75) is 19.4 Å². The third-order valence-electron chi connectivity index (χ3n) is 4.59. The van der Waals surface area contributed by atoms with E-state index in [0.29, 0.717) is 18.7 Å². The number of carbonyl (C=O) groups is 1. The first-order chi connectivity index (χ1) is 13.7. The van der Waals surface area contributed by atoms with Crippen LogP contribution in [0.3, 0.4) is 0 Å². The molecule has 0 heterocycles. The van der Waals surface area contributed by atoms with Gasteiger partial charge in [-0.05, 0) is 41.8 Å². The molecule has 0 aromatic heterocycles. The molecule has 3 rings (SSSR count). The van der Waals surface area contributed by atoms with Gasteiger partial charge in [0.15, 0.2) is 0 Å². The van der Waals surface area contributed by atoms with Crippen LogP contribution in [0.1, 0.15) is 17.5 Å². The maximum absolute atomic E-state index is 13.0. The Kier molecular flexibility index (Phi) is 7.33. The molecule has 0 aliphatic carbocycles. The zero-order valence-corrected chi connectivity index (χ0v) is 15.9. The molecule has 0 spiro atoms. The van der Waals surface area contributed by atoms with E-state index in [2.05, 4.69) is 34.5 Å². The lowest BCUT2D eigenvalue weighted by molar-refractivity contribution is -0.116. The molecule has 0 fully saturated rings. The fourth-order valence-corrected chi connectivity index (χ4v) is 3.06. The molecule has 0 radical (unpaired) electrons. The average Bonchev–Trinajstić information content (AvgIpc) is 2.73. The quantitative estimate of drug-likeness (QED) is 0.576. The van der Waals surface area contributed by atoms with Gasteiger partial charge < -0.3 is 5.32 Å². The molecular weight excluding hydrogens is 351 g/mol. The minimum Gasteiger partial charge on any atom is -0.326 e. The number of hydrogen-bond acceptors (Lipinski definition) is 2. The van der Waals surface area contributed by atoms with Gasteiger partial charge in [-0.2, -0.15) is 0 Å². The fourth-order valence-electron chi connectivity index (χ4n) is 3.06. The van der Waals surface area contributed by atoms with E-state index < -0.39 is 0 Å². The van der Waals surface area contributed by atoms with Crippen LogP contribution in [0.2, 0.25) is 0 Å². The molecule has 144 valence electrons. The molecule has 0 bridgehead atoms. The smallest absolute Gasteiger partial charge is 0.225 e. The second kappa shape index (κ2) is 10.4. The summed E-state index contributed by atoms with van der Waals surface area (Å²) >= 11 is 0. The summed E-state index contributed by atoms with van der Waals surface area (Å²) in [5, 5.41) is 2.83. The Morgan fingerprint density at radius 2 is 1.39 bits per heavy atom. The van der Waals surface area contributed by atoms with Gasteiger partial charge in [0.25, 0.3) is 0 Å². The molecule has 4 heteroatoms. The topological polar surface area (TPSA) is 32.3 Å². The van der Waals surface area contributed by atoms with Crippen molar-refractivity contribution in [1.29, 1.82) is 0 Å². The van der Waals surface area contributed by atoms with Crippen LogP contribution in [0.15, 0.2) is 84.9 Å². The molecule has 0 saturated carbocycles. The largest absolute Gasteiger partial charge is 0.326 e. The molecule has 0 aliphatic rings. The van der Waals surface area contributed by atoms with Crippen LogP contribution in [0.25, 0.3) is 0 Å². The van der Waals surface area contributed by atoms with Gasteiger partial charge in [-0.25, -0.2) is 4.39 Å². The first-order valence-corrected chi connectivity index (χ1v) is 9.55. The summed E-state index contributed by atoms with van der Waals surface area (Å²) in [4.78, 5) is 14.6. The first kappa shape index (κ1) is 19.8. The normalized spacial score (nSPS) is 10.8. The maximum atomic E-state index is 13.0. The van der Waals surface area contributed by atoms with Gasteiger partial charge in [-0.15, -0.1) is 0 Å². The lowest BCUT2D eigenvalue weighted by Gasteiger charge is -2.22. The van der Waals surface area contributed by atoms with Crippen LogP contribution in [0.5, 0.6) is 0 Å². The van der Waals surface area contributed by atoms with Crippen LogP contribution in [-0.2, 0) is 17.8 Å². The number of anilines is 1. The summed E-state index contributed by atoms with van der Waals surface area (Å²) < 4.78 is 13.0. The number of benzene rings is 3. The second-order valence-corrected chi connectivity index (χ2v) is 6.80. The van der Waals surface area contributed by atoms with E-state index in [1.807, 2.05) is 36.4 Å². The van der Waals surface area contributed by atoms with Crippen LogP contribution < -0.4 is 5.32 Å². The third kappa shape index (κ3) is 6.63. The molecule has 3 aromatic carbocycles. The molecular formula is C24H25FN2O. The minimum absolute atomic E-state index is 0.0654. The number of nitrogens with one attached hydrogen (secondary N) is 1. The lowest BCUT2D eigenvalue weighted by atomic mass is 10.1. The molecule has 3 nitrogen and oxygen atoms in total. The Hall–Kier alpha value is -2.98. The number of hydrogen-bond donors (Lipinski definition) is 1. The van der Waals surface area contributed by atoms with Crippen molar-refractivity contribution in [3.05, 3.63) is 102 Å². The summed E-state index contributed by atoms with van der Waals surface area (Å²) in [6.07, 6.45) is 1.33. The zero-order valence-electron chi connectivity index (χ0n) is 15.9.